The van der Waals surface area contributed by atoms with Crippen molar-refractivity contribution in [3.63, 3.8) is 0 Å². The summed E-state index contributed by atoms with van der Waals surface area (Å²) in [4.78, 5) is 22.4. The minimum atomic E-state index is -0.220. The van der Waals surface area contributed by atoms with Gasteiger partial charge in [-0.1, -0.05) is 11.6 Å². The van der Waals surface area contributed by atoms with E-state index in [1.165, 1.54) is 0 Å². The van der Waals surface area contributed by atoms with Gasteiger partial charge in [0, 0.05) is 12.7 Å². The van der Waals surface area contributed by atoms with Crippen LogP contribution in [-0.4, -0.2) is 15.6 Å². The average Bonchev–Trinajstić information content (AvgIpc) is 2.36. The third-order valence-electron chi connectivity index (χ3n) is 2.49. The van der Waals surface area contributed by atoms with Crippen LogP contribution < -0.4 is 5.56 Å². The molecule has 15 heavy (non-hydrogen) atoms. The summed E-state index contributed by atoms with van der Waals surface area (Å²) in [6, 6.07) is 0. The second kappa shape index (κ2) is 4.29. The molecule has 0 aliphatic rings. The van der Waals surface area contributed by atoms with Crippen LogP contribution in [0.3, 0.4) is 0 Å². The monoisotopic (exact) mass is 208 g/mol. The smallest absolute Gasteiger partial charge is 0.277 e. The van der Waals surface area contributed by atoms with E-state index in [-0.39, 0.29) is 11.1 Å². The number of allylic oxidation sites excluding steroid dienone is 2. The molecular formula is C11H16N2O2. The van der Waals surface area contributed by atoms with E-state index in [0.29, 0.717) is 18.5 Å². The van der Waals surface area contributed by atoms with Crippen LogP contribution in [0, 0.1) is 6.92 Å². The maximum Gasteiger partial charge on any atom is 0.277 e. The lowest BCUT2D eigenvalue weighted by Gasteiger charge is -2.05. The molecule has 0 amide bonds. The van der Waals surface area contributed by atoms with Crippen LogP contribution in [0.1, 0.15) is 29.9 Å². The molecule has 4 nitrogen and oxygen atoms in total. The lowest BCUT2D eigenvalue weighted by Crippen LogP contribution is -2.22. The molecule has 4 heteroatoms. The molecule has 0 radical (unpaired) electrons. The molecule has 0 N–H and O–H groups in total. The van der Waals surface area contributed by atoms with Gasteiger partial charge < -0.3 is 0 Å². The molecule has 0 aliphatic heterocycles. The Hall–Kier alpha value is -1.58. The molecule has 0 unspecified atom stereocenters. The molecule has 1 heterocycles. The Morgan fingerprint density at radius 1 is 1.40 bits per heavy atom. The van der Waals surface area contributed by atoms with Gasteiger partial charge in [-0.15, -0.1) is 0 Å². The van der Waals surface area contributed by atoms with Crippen molar-refractivity contribution >= 4 is 6.29 Å². The SMILES string of the molecule is CC(C)=CCn1c(=O)c(C=O)c(C)n1C. The van der Waals surface area contributed by atoms with E-state index >= 15 is 0 Å². The van der Waals surface area contributed by atoms with Crippen molar-refractivity contribution in [3.8, 4) is 0 Å². The van der Waals surface area contributed by atoms with E-state index in [2.05, 4.69) is 0 Å². The fourth-order valence-corrected chi connectivity index (χ4v) is 1.40. The van der Waals surface area contributed by atoms with E-state index < -0.39 is 0 Å². The molecule has 0 aliphatic carbocycles. The van der Waals surface area contributed by atoms with Gasteiger partial charge >= 0.3 is 0 Å². The number of aromatic nitrogens is 2. The van der Waals surface area contributed by atoms with Crippen LogP contribution in [-0.2, 0) is 13.6 Å². The van der Waals surface area contributed by atoms with Gasteiger partial charge in [-0.3, -0.25) is 14.3 Å². The summed E-state index contributed by atoms with van der Waals surface area (Å²) in [5.41, 5.74) is 1.88. The normalized spacial score (nSPS) is 10.1. The third kappa shape index (κ3) is 2.09. The summed E-state index contributed by atoms with van der Waals surface area (Å²) in [6.07, 6.45) is 2.58. The van der Waals surface area contributed by atoms with Crippen molar-refractivity contribution in [1.82, 2.24) is 9.36 Å². The lowest BCUT2D eigenvalue weighted by molar-refractivity contribution is 0.112. The van der Waals surface area contributed by atoms with E-state index in [9.17, 15) is 9.59 Å². The average molecular weight is 208 g/mol. The first-order valence-electron chi connectivity index (χ1n) is 4.84. The number of carbonyl (C=O) groups excluding carboxylic acids is 1. The van der Waals surface area contributed by atoms with Crippen molar-refractivity contribution in [2.24, 2.45) is 7.05 Å². The van der Waals surface area contributed by atoms with Gasteiger partial charge in [-0.25, -0.2) is 4.68 Å². The van der Waals surface area contributed by atoms with Gasteiger partial charge in [0.2, 0.25) is 0 Å². The van der Waals surface area contributed by atoms with Gasteiger partial charge in [0.25, 0.3) is 5.56 Å². The number of carbonyl (C=O) groups is 1. The second-order valence-corrected chi connectivity index (χ2v) is 3.81. The van der Waals surface area contributed by atoms with Crippen molar-refractivity contribution in [3.05, 3.63) is 33.3 Å². The van der Waals surface area contributed by atoms with Gasteiger partial charge in [0.05, 0.1) is 6.54 Å². The predicted molar refractivity (Wildman–Crippen MR) is 59.2 cm³/mol. The van der Waals surface area contributed by atoms with Gasteiger partial charge in [0.1, 0.15) is 5.56 Å². The quantitative estimate of drug-likeness (QED) is 0.554. The number of aldehydes is 1. The number of hydrogen-bond donors (Lipinski definition) is 0. The summed E-state index contributed by atoms with van der Waals surface area (Å²) in [5, 5.41) is 0. The molecule has 0 fully saturated rings. The highest BCUT2D eigenvalue weighted by molar-refractivity contribution is 5.75. The van der Waals surface area contributed by atoms with E-state index in [1.807, 2.05) is 19.9 Å². The van der Waals surface area contributed by atoms with E-state index in [1.54, 1.807) is 23.3 Å². The molecule has 0 aromatic carbocycles. The van der Waals surface area contributed by atoms with Crippen LogP contribution in [0.4, 0.5) is 0 Å². The highest BCUT2D eigenvalue weighted by Gasteiger charge is 2.12. The molecule has 1 rings (SSSR count). The van der Waals surface area contributed by atoms with Crippen molar-refractivity contribution < 1.29 is 4.79 Å². The largest absolute Gasteiger partial charge is 0.298 e. The van der Waals surface area contributed by atoms with Crippen molar-refractivity contribution in [2.45, 2.75) is 27.3 Å². The first kappa shape index (κ1) is 11.5. The van der Waals surface area contributed by atoms with E-state index in [4.69, 9.17) is 0 Å². The molecule has 82 valence electrons. The van der Waals surface area contributed by atoms with Crippen molar-refractivity contribution in [1.29, 1.82) is 0 Å². The Bertz CT molecular complexity index is 460. The maximum atomic E-state index is 11.7. The first-order chi connectivity index (χ1) is 6.99. The summed E-state index contributed by atoms with van der Waals surface area (Å²) in [7, 11) is 1.78. The highest BCUT2D eigenvalue weighted by Crippen LogP contribution is 2.01. The topological polar surface area (TPSA) is 44.0 Å². The molecule has 1 aromatic rings. The zero-order valence-corrected chi connectivity index (χ0v) is 9.57. The zero-order chi connectivity index (χ0) is 11.6. The lowest BCUT2D eigenvalue weighted by atomic mass is 10.3. The number of rotatable bonds is 3. The van der Waals surface area contributed by atoms with Gasteiger partial charge in [-0.2, -0.15) is 0 Å². The van der Waals surface area contributed by atoms with Crippen LogP contribution in [0.5, 0.6) is 0 Å². The third-order valence-corrected chi connectivity index (χ3v) is 2.49. The Balaban J connectivity index is 3.25. The fourth-order valence-electron chi connectivity index (χ4n) is 1.40. The van der Waals surface area contributed by atoms with Crippen molar-refractivity contribution in [2.75, 3.05) is 0 Å². The zero-order valence-electron chi connectivity index (χ0n) is 9.57. The Labute approximate surface area is 88.8 Å². The number of hydrogen-bond acceptors (Lipinski definition) is 2. The minimum Gasteiger partial charge on any atom is -0.298 e. The van der Waals surface area contributed by atoms with Crippen LogP contribution in [0.25, 0.3) is 0 Å². The van der Waals surface area contributed by atoms with Gasteiger partial charge in [-0.05, 0) is 20.8 Å². The molecular weight excluding hydrogens is 192 g/mol. The van der Waals surface area contributed by atoms with Crippen LogP contribution in [0.15, 0.2) is 16.4 Å². The molecule has 0 spiro atoms. The maximum absolute atomic E-state index is 11.7. The minimum absolute atomic E-state index is 0.220. The fraction of sp³-hybridized carbons (Fsp3) is 0.455. The molecule has 0 atom stereocenters. The van der Waals surface area contributed by atoms with Crippen LogP contribution in [0.2, 0.25) is 0 Å². The highest BCUT2D eigenvalue weighted by atomic mass is 16.1. The second-order valence-electron chi connectivity index (χ2n) is 3.81. The van der Waals surface area contributed by atoms with Gasteiger partial charge in [0.15, 0.2) is 6.29 Å². The molecule has 0 saturated carbocycles. The Morgan fingerprint density at radius 3 is 2.40 bits per heavy atom. The number of nitrogens with zero attached hydrogens (tertiary/aromatic N) is 2. The summed E-state index contributed by atoms with van der Waals surface area (Å²) >= 11 is 0. The molecule has 0 saturated heterocycles. The molecule has 1 aromatic heterocycles. The Morgan fingerprint density at radius 2 is 2.00 bits per heavy atom. The Kier molecular flexibility index (Phi) is 3.29. The first-order valence-corrected chi connectivity index (χ1v) is 4.84. The standard InChI is InChI=1S/C11H16N2O2/c1-8(2)5-6-13-11(15)10(7-14)9(3)12(13)4/h5,7H,6H2,1-4H3. The molecule has 0 bridgehead atoms. The summed E-state index contributed by atoms with van der Waals surface area (Å²) in [5.74, 6) is 0. The predicted octanol–water partition coefficient (Wildman–Crippen LogP) is 1.27. The van der Waals surface area contributed by atoms with E-state index in [0.717, 1.165) is 5.57 Å². The summed E-state index contributed by atoms with van der Waals surface area (Å²) in [6.45, 7) is 6.22. The van der Waals surface area contributed by atoms with Crippen LogP contribution >= 0.6 is 0 Å². The summed E-state index contributed by atoms with van der Waals surface area (Å²) < 4.78 is 3.26.